The van der Waals surface area contributed by atoms with Gasteiger partial charge in [-0.15, -0.1) is 0 Å². The average Bonchev–Trinajstić information content (AvgIpc) is 3.29. The third kappa shape index (κ3) is 7.38. The third-order valence-corrected chi connectivity index (χ3v) is 7.92. The number of carbonyl (C=O) groups excluding carboxylic acids is 2. The van der Waals surface area contributed by atoms with Crippen LogP contribution in [0.1, 0.15) is 101 Å². The largest absolute Gasteiger partial charge is 0.460 e. The van der Waals surface area contributed by atoms with Gasteiger partial charge in [0.25, 0.3) is 15.8 Å². The van der Waals surface area contributed by atoms with Crippen molar-refractivity contribution in [2.75, 3.05) is 0 Å². The van der Waals surface area contributed by atoms with Gasteiger partial charge in [0.2, 0.25) is 5.89 Å². The number of aromatic nitrogens is 2. The molecule has 1 aromatic heterocycles. The van der Waals surface area contributed by atoms with E-state index in [-0.39, 0.29) is 29.1 Å². The molecule has 1 saturated carbocycles. The monoisotopic (exact) mass is 519 g/mol. The number of carbonyl (C=O) groups is 2. The molecule has 3 rings (SSSR count). The van der Waals surface area contributed by atoms with E-state index in [1.807, 2.05) is 32.4 Å². The molecule has 2 atom stereocenters. The van der Waals surface area contributed by atoms with Crippen LogP contribution in [0.3, 0.4) is 0 Å². The standard InChI is InChI=1S/C26H37N3O6S/c1-6-20(18-10-8-7-9-11-18)21(16-22(30)34-26(3,4)5)25-27-23(28-35-25)24(31)29-36(32,33)19-14-12-17(2)13-15-19/h12-15,18,20-21H,6-11,16H2,1-5H3,(H,29,31)/t20?,21-/m1/s1. The zero-order chi connectivity index (χ0) is 26.5. The van der Waals surface area contributed by atoms with E-state index in [1.54, 1.807) is 12.1 Å². The van der Waals surface area contributed by atoms with Gasteiger partial charge >= 0.3 is 11.9 Å². The molecule has 0 aliphatic heterocycles. The van der Waals surface area contributed by atoms with Crippen LogP contribution < -0.4 is 4.72 Å². The lowest BCUT2D eigenvalue weighted by Gasteiger charge is -2.34. The van der Waals surface area contributed by atoms with E-state index in [0.717, 1.165) is 37.7 Å². The molecule has 1 fully saturated rings. The van der Waals surface area contributed by atoms with Crippen LogP contribution in [0.5, 0.6) is 0 Å². The second-order valence-electron chi connectivity index (χ2n) is 10.6. The van der Waals surface area contributed by atoms with Gasteiger partial charge in [-0.1, -0.05) is 68.3 Å². The van der Waals surface area contributed by atoms with E-state index in [4.69, 9.17) is 9.26 Å². The van der Waals surface area contributed by atoms with Crippen molar-refractivity contribution < 1.29 is 27.3 Å². The van der Waals surface area contributed by atoms with E-state index in [1.165, 1.54) is 18.6 Å². The molecule has 1 N–H and O–H groups in total. The lowest BCUT2D eigenvalue weighted by Crippen LogP contribution is -2.31. The second-order valence-corrected chi connectivity index (χ2v) is 12.3. The van der Waals surface area contributed by atoms with Gasteiger partial charge in [0, 0.05) is 0 Å². The summed E-state index contributed by atoms with van der Waals surface area (Å²) in [6, 6.07) is 6.12. The van der Waals surface area contributed by atoms with Gasteiger partial charge in [0.1, 0.15) is 5.60 Å². The van der Waals surface area contributed by atoms with E-state index in [2.05, 4.69) is 17.1 Å². The Morgan fingerprint density at radius 3 is 2.36 bits per heavy atom. The number of nitrogens with zero attached hydrogens (tertiary/aromatic N) is 2. The zero-order valence-corrected chi connectivity index (χ0v) is 22.6. The minimum atomic E-state index is -4.11. The SMILES string of the molecule is CCC(C1CCCCC1)[C@@H](CC(=O)OC(C)(C)C)c1nc(C(=O)NS(=O)(=O)c2ccc(C)cc2)no1. The molecule has 2 aromatic rings. The van der Waals surface area contributed by atoms with Crippen LogP contribution in [0.4, 0.5) is 0 Å². The van der Waals surface area contributed by atoms with Crippen molar-refractivity contribution in [2.24, 2.45) is 11.8 Å². The summed E-state index contributed by atoms with van der Waals surface area (Å²) >= 11 is 0. The minimum absolute atomic E-state index is 0.0389. The number of hydrogen-bond donors (Lipinski definition) is 1. The summed E-state index contributed by atoms with van der Waals surface area (Å²) in [5.41, 5.74) is 0.251. The van der Waals surface area contributed by atoms with Crippen molar-refractivity contribution in [3.63, 3.8) is 0 Å². The fourth-order valence-corrected chi connectivity index (χ4v) is 5.86. The number of rotatable bonds is 9. The molecular formula is C26H37N3O6S. The first kappa shape index (κ1) is 27.8. The average molecular weight is 520 g/mol. The molecule has 1 aliphatic rings. The lowest BCUT2D eigenvalue weighted by atomic mass is 9.72. The van der Waals surface area contributed by atoms with Gasteiger partial charge in [-0.3, -0.25) is 9.59 Å². The van der Waals surface area contributed by atoms with Crippen LogP contribution in [0.15, 0.2) is 33.7 Å². The summed E-state index contributed by atoms with van der Waals surface area (Å²) in [6.45, 7) is 9.33. The fourth-order valence-electron chi connectivity index (χ4n) is 4.92. The predicted molar refractivity (Wildman–Crippen MR) is 134 cm³/mol. The Morgan fingerprint density at radius 2 is 1.78 bits per heavy atom. The maximum atomic E-state index is 12.8. The van der Waals surface area contributed by atoms with Gasteiger partial charge in [0.15, 0.2) is 0 Å². The summed E-state index contributed by atoms with van der Waals surface area (Å²) in [5.74, 6) is -1.58. The first-order valence-corrected chi connectivity index (χ1v) is 14.1. The summed E-state index contributed by atoms with van der Waals surface area (Å²) in [6.07, 6.45) is 6.41. The topological polar surface area (TPSA) is 128 Å². The van der Waals surface area contributed by atoms with Gasteiger partial charge < -0.3 is 9.26 Å². The number of sulfonamides is 1. The number of nitrogens with one attached hydrogen (secondary N) is 1. The predicted octanol–water partition coefficient (Wildman–Crippen LogP) is 4.92. The molecule has 1 aromatic carbocycles. The summed E-state index contributed by atoms with van der Waals surface area (Å²) in [4.78, 5) is 29.7. The second kappa shape index (κ2) is 11.5. The van der Waals surface area contributed by atoms with Crippen LogP contribution in [-0.4, -0.2) is 36.0 Å². The van der Waals surface area contributed by atoms with Gasteiger partial charge in [0.05, 0.1) is 17.2 Å². The minimum Gasteiger partial charge on any atom is -0.460 e. The van der Waals surface area contributed by atoms with Crippen molar-refractivity contribution in [1.29, 1.82) is 0 Å². The highest BCUT2D eigenvalue weighted by molar-refractivity contribution is 7.90. The normalized spacial score (nSPS) is 16.8. The first-order valence-electron chi connectivity index (χ1n) is 12.6. The number of hydrogen-bond acceptors (Lipinski definition) is 8. The third-order valence-electron chi connectivity index (χ3n) is 6.57. The molecular weight excluding hydrogens is 482 g/mol. The molecule has 0 spiro atoms. The molecule has 198 valence electrons. The summed E-state index contributed by atoms with van der Waals surface area (Å²) in [7, 11) is -4.11. The van der Waals surface area contributed by atoms with Crippen LogP contribution in [0, 0.1) is 18.8 Å². The van der Waals surface area contributed by atoms with Crippen molar-refractivity contribution in [3.8, 4) is 0 Å². The molecule has 0 radical (unpaired) electrons. The maximum absolute atomic E-state index is 12.8. The smallest absolute Gasteiger partial charge is 0.307 e. The highest BCUT2D eigenvalue weighted by atomic mass is 32.2. The molecule has 1 heterocycles. The molecule has 1 aliphatic carbocycles. The van der Waals surface area contributed by atoms with Crippen molar-refractivity contribution in [2.45, 2.75) is 96.0 Å². The zero-order valence-electron chi connectivity index (χ0n) is 21.7. The Morgan fingerprint density at radius 1 is 1.14 bits per heavy atom. The van der Waals surface area contributed by atoms with Gasteiger partial charge in [-0.25, -0.2) is 13.1 Å². The quantitative estimate of drug-likeness (QED) is 0.462. The Kier molecular flexibility index (Phi) is 8.92. The Hall–Kier alpha value is -2.75. The molecule has 1 unspecified atom stereocenters. The van der Waals surface area contributed by atoms with Crippen molar-refractivity contribution in [3.05, 3.63) is 41.5 Å². The number of benzene rings is 1. The Bertz CT molecular complexity index is 1150. The number of aryl methyl sites for hydroxylation is 1. The maximum Gasteiger partial charge on any atom is 0.307 e. The fraction of sp³-hybridized carbons (Fsp3) is 0.615. The summed E-state index contributed by atoms with van der Waals surface area (Å²) < 4.78 is 38.3. The van der Waals surface area contributed by atoms with Crippen LogP contribution in [0.2, 0.25) is 0 Å². The van der Waals surface area contributed by atoms with Crippen LogP contribution in [0.25, 0.3) is 0 Å². The first-order chi connectivity index (χ1) is 16.9. The van der Waals surface area contributed by atoms with Crippen LogP contribution in [-0.2, 0) is 19.6 Å². The van der Waals surface area contributed by atoms with Crippen molar-refractivity contribution in [1.82, 2.24) is 14.9 Å². The van der Waals surface area contributed by atoms with E-state index in [0.29, 0.717) is 5.92 Å². The van der Waals surface area contributed by atoms with Crippen LogP contribution >= 0.6 is 0 Å². The molecule has 9 nitrogen and oxygen atoms in total. The summed E-state index contributed by atoms with van der Waals surface area (Å²) in [5, 5.41) is 3.76. The molecule has 0 bridgehead atoms. The molecule has 1 amide bonds. The van der Waals surface area contributed by atoms with E-state index >= 15 is 0 Å². The highest BCUT2D eigenvalue weighted by Crippen LogP contribution is 2.41. The van der Waals surface area contributed by atoms with Gasteiger partial charge in [-0.05, 0) is 51.7 Å². The van der Waals surface area contributed by atoms with E-state index in [9.17, 15) is 18.0 Å². The highest BCUT2D eigenvalue weighted by Gasteiger charge is 2.37. The number of esters is 1. The van der Waals surface area contributed by atoms with Gasteiger partial charge in [-0.2, -0.15) is 4.98 Å². The van der Waals surface area contributed by atoms with Crippen molar-refractivity contribution >= 4 is 21.9 Å². The van der Waals surface area contributed by atoms with E-state index < -0.39 is 33.3 Å². The molecule has 10 heteroatoms. The molecule has 36 heavy (non-hydrogen) atoms. The number of ether oxygens (including phenoxy) is 1. The lowest BCUT2D eigenvalue weighted by molar-refractivity contribution is -0.156. The Labute approximate surface area is 213 Å². The Balaban J connectivity index is 1.84. The number of amides is 1. The molecule has 0 saturated heterocycles.